The number of nitrogens with one attached hydrogen (secondary N) is 1. The van der Waals surface area contributed by atoms with Gasteiger partial charge < -0.3 is 15.8 Å². The lowest BCUT2D eigenvalue weighted by Gasteiger charge is -2.41. The first kappa shape index (κ1) is 30.3. The second-order valence-electron chi connectivity index (χ2n) is 10.6. The number of ether oxygens (including phenoxy) is 1. The van der Waals surface area contributed by atoms with Crippen LogP contribution < -0.4 is 11.1 Å². The Bertz CT molecular complexity index is 1430. The molecule has 0 amide bonds. The Morgan fingerprint density at radius 3 is 2.60 bits per heavy atom. The van der Waals surface area contributed by atoms with E-state index in [9.17, 15) is 31.6 Å². The molecule has 3 heterocycles. The molecule has 2 aromatic heterocycles. The van der Waals surface area contributed by atoms with E-state index in [0.29, 0.717) is 16.8 Å². The third-order valence-electron chi connectivity index (χ3n) is 7.95. The summed E-state index contributed by atoms with van der Waals surface area (Å²) < 4.78 is 71.3. The Morgan fingerprint density at radius 1 is 1.40 bits per heavy atom. The van der Waals surface area contributed by atoms with Crippen LogP contribution in [0.3, 0.4) is 0 Å². The van der Waals surface area contributed by atoms with Gasteiger partial charge in [-0.3, -0.25) is 4.79 Å². The summed E-state index contributed by atoms with van der Waals surface area (Å²) >= 11 is 6.51. The Balaban J connectivity index is 1.68. The van der Waals surface area contributed by atoms with Gasteiger partial charge in [0.15, 0.2) is 0 Å². The number of carbonyl (C=O) groups excluding carboxylic acids is 1. The quantitative estimate of drug-likeness (QED) is 0.431. The van der Waals surface area contributed by atoms with Crippen LogP contribution >= 0.6 is 11.6 Å². The van der Waals surface area contributed by atoms with Crippen molar-refractivity contribution in [3.8, 4) is 6.07 Å². The Kier molecular flexibility index (Phi) is 8.30. The lowest BCUT2D eigenvalue weighted by atomic mass is 9.64. The fourth-order valence-corrected chi connectivity index (χ4v) is 6.47. The maximum Gasteiger partial charge on any atom is 0.511 e. The number of alkyl halides is 3. The van der Waals surface area contributed by atoms with Gasteiger partial charge in [-0.1, -0.05) is 38.8 Å². The normalized spacial score (nSPS) is 22.5. The van der Waals surface area contributed by atoms with E-state index in [4.69, 9.17) is 22.1 Å². The molecule has 1 unspecified atom stereocenters. The van der Waals surface area contributed by atoms with Crippen molar-refractivity contribution in [1.82, 2.24) is 18.9 Å². The number of esters is 1. The molecule has 1 saturated carbocycles. The minimum absolute atomic E-state index is 0.0434. The van der Waals surface area contributed by atoms with Crippen molar-refractivity contribution in [3.63, 3.8) is 0 Å². The van der Waals surface area contributed by atoms with Gasteiger partial charge in [0.1, 0.15) is 23.7 Å². The summed E-state index contributed by atoms with van der Waals surface area (Å²) in [5, 5.41) is 17.6. The number of carbonyl (C=O) groups is 1. The average molecular weight is 606 g/mol. The molecule has 3 N–H and O–H groups in total. The number of halogens is 4. The van der Waals surface area contributed by atoms with Gasteiger partial charge >= 0.3 is 21.5 Å². The molecule has 2 aliphatic rings. The molecule has 2 fully saturated rings. The molecular formula is C24H31ClF3N7O4S. The fraction of sp³-hybridized carbons (Fsp3) is 0.667. The van der Waals surface area contributed by atoms with E-state index in [0.717, 1.165) is 25.7 Å². The second kappa shape index (κ2) is 11.0. The monoisotopic (exact) mass is 605 g/mol. The van der Waals surface area contributed by atoms with Gasteiger partial charge in [0.2, 0.25) is 5.95 Å². The molecular weight excluding hydrogens is 575 g/mol. The van der Waals surface area contributed by atoms with Gasteiger partial charge in [0.05, 0.1) is 35.1 Å². The van der Waals surface area contributed by atoms with Gasteiger partial charge in [-0.15, -0.1) is 5.10 Å². The van der Waals surface area contributed by atoms with Gasteiger partial charge in [-0.25, -0.2) is 17.9 Å². The topological polar surface area (TPSA) is 156 Å². The van der Waals surface area contributed by atoms with Crippen molar-refractivity contribution >= 4 is 39.1 Å². The zero-order chi connectivity index (χ0) is 29.6. The summed E-state index contributed by atoms with van der Waals surface area (Å²) in [6, 6.07) is 0.273. The number of nitriles is 1. The molecule has 0 aromatic carbocycles. The number of sulfonamides is 1. The van der Waals surface area contributed by atoms with Crippen LogP contribution in [-0.2, 0) is 25.0 Å². The number of hydrogen-bond acceptors (Lipinski definition) is 9. The minimum Gasteiger partial charge on any atom is -0.458 e. The molecule has 1 aliphatic heterocycles. The van der Waals surface area contributed by atoms with Crippen LogP contribution in [0.4, 0.5) is 19.1 Å². The number of nitrogens with zero attached hydrogens (tertiary/aromatic N) is 5. The number of hydrogen-bond donors (Lipinski definition) is 2. The van der Waals surface area contributed by atoms with Crippen molar-refractivity contribution in [2.45, 2.75) is 82.0 Å². The molecule has 0 bridgehead atoms. The molecule has 1 aliphatic carbocycles. The van der Waals surface area contributed by atoms with Crippen LogP contribution in [0.15, 0.2) is 6.20 Å². The highest BCUT2D eigenvalue weighted by Crippen LogP contribution is 2.49. The van der Waals surface area contributed by atoms with Crippen LogP contribution in [0.1, 0.15) is 64.1 Å². The van der Waals surface area contributed by atoms with Gasteiger partial charge in [0, 0.05) is 12.0 Å². The number of piperidine rings is 1. The highest BCUT2D eigenvalue weighted by atomic mass is 35.5. The van der Waals surface area contributed by atoms with E-state index in [1.807, 2.05) is 6.92 Å². The van der Waals surface area contributed by atoms with Gasteiger partial charge in [-0.05, 0) is 31.6 Å². The Labute approximate surface area is 234 Å². The summed E-state index contributed by atoms with van der Waals surface area (Å²) in [5.74, 6) is -1.16. The zero-order valence-electron chi connectivity index (χ0n) is 22.2. The molecule has 2 aromatic rings. The van der Waals surface area contributed by atoms with Crippen molar-refractivity contribution < 1.29 is 31.1 Å². The molecule has 4 rings (SSSR count). The molecule has 1 saturated heterocycles. The van der Waals surface area contributed by atoms with Crippen LogP contribution in [-0.4, -0.2) is 70.1 Å². The summed E-state index contributed by atoms with van der Waals surface area (Å²) in [7, 11) is -5.65. The first-order valence-electron chi connectivity index (χ1n) is 12.9. The van der Waals surface area contributed by atoms with Gasteiger partial charge in [0.25, 0.3) is 0 Å². The molecule has 3 atom stereocenters. The highest BCUT2D eigenvalue weighted by molar-refractivity contribution is 7.90. The fourth-order valence-electron chi connectivity index (χ4n) is 5.23. The van der Waals surface area contributed by atoms with E-state index < -0.39 is 52.8 Å². The maximum atomic E-state index is 13.3. The predicted octanol–water partition coefficient (Wildman–Crippen LogP) is 3.32. The number of anilines is 1. The van der Waals surface area contributed by atoms with Crippen LogP contribution in [0.25, 0.3) is 5.52 Å². The third-order valence-corrected chi connectivity index (χ3v) is 9.93. The number of rotatable bonds is 8. The molecule has 0 spiro atoms. The number of fused-ring (bicyclic) bond motifs is 1. The minimum atomic E-state index is -5.65. The van der Waals surface area contributed by atoms with E-state index in [1.165, 1.54) is 6.20 Å². The first-order chi connectivity index (χ1) is 18.7. The maximum absolute atomic E-state index is 13.3. The summed E-state index contributed by atoms with van der Waals surface area (Å²) in [6.45, 7) is 4.15. The van der Waals surface area contributed by atoms with E-state index in [1.54, 1.807) is 18.4 Å². The largest absolute Gasteiger partial charge is 0.511 e. The smallest absolute Gasteiger partial charge is 0.458 e. The number of nitrogens with two attached hydrogens (primary N) is 1. The average Bonchev–Trinajstić information content (AvgIpc) is 3.14. The highest BCUT2D eigenvalue weighted by Gasteiger charge is 2.52. The van der Waals surface area contributed by atoms with Gasteiger partial charge in [-0.2, -0.15) is 22.7 Å². The molecule has 16 heteroatoms. The number of aromatic nitrogens is 3. The standard InChI is InChI=1S/C24H31ClF3N7O4S/c1-4-23(7-5-8-23)20-14(10-29)18(25)16-11-31-22(33-35(16)20)32-15-6-9-34(40(37,38)24(26,27)28)12-17(15)39-21(36)19(30)13(2)3/h11,13,15,17,19H,4-9,12,30H2,1-3H3,(H,32,33)/t15-,17?,19-/m0/s1. The SMILES string of the molecule is CCC1(c2c(C#N)c(Cl)c3cnc(N[C@H]4CCN(S(=O)(=O)C(F)(F)F)CC4OC(=O)[C@@H](N)C(C)C)nn23)CCC1. The summed E-state index contributed by atoms with van der Waals surface area (Å²) in [6.07, 6.45) is 3.43. The van der Waals surface area contributed by atoms with Crippen molar-refractivity contribution in [3.05, 3.63) is 22.5 Å². The lowest BCUT2D eigenvalue weighted by Crippen LogP contribution is -2.56. The van der Waals surface area contributed by atoms with Crippen molar-refractivity contribution in [2.75, 3.05) is 18.4 Å². The van der Waals surface area contributed by atoms with E-state index in [-0.39, 0.29) is 33.0 Å². The Morgan fingerprint density at radius 2 is 2.08 bits per heavy atom. The zero-order valence-corrected chi connectivity index (χ0v) is 23.8. The Hall–Kier alpha value is -2.67. The second-order valence-corrected chi connectivity index (χ2v) is 12.9. The molecule has 40 heavy (non-hydrogen) atoms. The van der Waals surface area contributed by atoms with Crippen LogP contribution in [0.2, 0.25) is 5.02 Å². The molecule has 220 valence electrons. The first-order valence-corrected chi connectivity index (χ1v) is 14.8. The molecule has 11 nitrogen and oxygen atoms in total. The third kappa shape index (κ3) is 5.22. The van der Waals surface area contributed by atoms with Crippen LogP contribution in [0.5, 0.6) is 0 Å². The van der Waals surface area contributed by atoms with Crippen molar-refractivity contribution in [2.24, 2.45) is 11.7 Å². The van der Waals surface area contributed by atoms with E-state index in [2.05, 4.69) is 21.5 Å². The summed E-state index contributed by atoms with van der Waals surface area (Å²) in [5.41, 5.74) is 1.49. The van der Waals surface area contributed by atoms with Crippen LogP contribution in [0, 0.1) is 17.2 Å². The lowest BCUT2D eigenvalue weighted by molar-refractivity contribution is -0.154. The summed E-state index contributed by atoms with van der Waals surface area (Å²) in [4.78, 5) is 16.9. The van der Waals surface area contributed by atoms with Crippen molar-refractivity contribution in [1.29, 1.82) is 5.26 Å². The van der Waals surface area contributed by atoms with E-state index >= 15 is 0 Å². The predicted molar refractivity (Wildman–Crippen MR) is 140 cm³/mol. The molecule has 0 radical (unpaired) electrons.